The number of rotatable bonds is 7. The highest BCUT2D eigenvalue weighted by Crippen LogP contribution is 2.24. The summed E-state index contributed by atoms with van der Waals surface area (Å²) in [6.45, 7) is 6.24. The molecule has 154 valence electrons. The third-order valence-corrected chi connectivity index (χ3v) is 5.44. The van der Waals surface area contributed by atoms with Gasteiger partial charge in [0.1, 0.15) is 5.60 Å². The molecule has 0 aromatic heterocycles. The second-order valence-corrected chi connectivity index (χ2v) is 7.19. The first-order chi connectivity index (χ1) is 13.6. The van der Waals surface area contributed by atoms with Crippen molar-refractivity contribution in [3.63, 3.8) is 0 Å². The maximum atomic E-state index is 12.7. The molecule has 0 saturated carbocycles. The van der Waals surface area contributed by atoms with Crippen LogP contribution in [0.25, 0.3) is 0 Å². The molecule has 0 bridgehead atoms. The van der Waals surface area contributed by atoms with Crippen LogP contribution in [0.2, 0.25) is 0 Å². The Balaban J connectivity index is 1.48. The summed E-state index contributed by atoms with van der Waals surface area (Å²) in [5.74, 6) is -0.253. The van der Waals surface area contributed by atoms with Gasteiger partial charge in [-0.1, -0.05) is 0 Å². The average Bonchev–Trinajstić information content (AvgIpc) is 2.75. The van der Waals surface area contributed by atoms with Crippen molar-refractivity contribution < 1.29 is 19.1 Å². The Morgan fingerprint density at radius 3 is 2.50 bits per heavy atom. The number of benzene rings is 1. The lowest BCUT2D eigenvalue weighted by molar-refractivity contribution is -0.140. The standard InChI is InChI=1S/C20H30N4O4/c1-27-20(6-8-21-9-7-20)19(26)23-17-4-2-16(3-5-17)18(25)22-10-11-24-12-14-28-15-13-24/h2-5,21H,6-15H2,1H3,(H,22,25)(H,23,26). The molecule has 8 heteroatoms. The number of carbonyl (C=O) groups excluding carboxylic acids is 2. The smallest absolute Gasteiger partial charge is 0.256 e. The molecule has 0 unspecified atom stereocenters. The van der Waals surface area contributed by atoms with E-state index in [1.54, 1.807) is 31.4 Å². The van der Waals surface area contributed by atoms with E-state index in [4.69, 9.17) is 9.47 Å². The van der Waals surface area contributed by atoms with Crippen molar-refractivity contribution in [3.8, 4) is 0 Å². The Morgan fingerprint density at radius 1 is 1.18 bits per heavy atom. The van der Waals surface area contributed by atoms with E-state index in [2.05, 4.69) is 20.9 Å². The van der Waals surface area contributed by atoms with Crippen molar-refractivity contribution in [3.05, 3.63) is 29.8 Å². The second-order valence-electron chi connectivity index (χ2n) is 7.19. The van der Waals surface area contributed by atoms with Gasteiger partial charge >= 0.3 is 0 Å². The van der Waals surface area contributed by atoms with E-state index < -0.39 is 5.60 Å². The molecule has 0 spiro atoms. The maximum absolute atomic E-state index is 12.7. The number of nitrogens with zero attached hydrogens (tertiary/aromatic N) is 1. The average molecular weight is 390 g/mol. The fourth-order valence-corrected chi connectivity index (χ4v) is 3.56. The Labute approximate surface area is 165 Å². The first kappa shape index (κ1) is 20.7. The molecule has 2 aliphatic heterocycles. The van der Waals surface area contributed by atoms with Gasteiger partial charge in [-0.15, -0.1) is 0 Å². The molecule has 3 rings (SSSR count). The van der Waals surface area contributed by atoms with Crippen LogP contribution < -0.4 is 16.0 Å². The molecular weight excluding hydrogens is 360 g/mol. The van der Waals surface area contributed by atoms with Crippen LogP contribution in [0.15, 0.2) is 24.3 Å². The number of morpholine rings is 1. The fraction of sp³-hybridized carbons (Fsp3) is 0.600. The molecule has 0 aliphatic carbocycles. The lowest BCUT2D eigenvalue weighted by Crippen LogP contribution is -2.51. The Bertz CT molecular complexity index is 653. The Morgan fingerprint density at radius 2 is 1.86 bits per heavy atom. The van der Waals surface area contributed by atoms with Gasteiger partial charge in [0.05, 0.1) is 13.2 Å². The number of anilines is 1. The summed E-state index contributed by atoms with van der Waals surface area (Å²) in [5, 5.41) is 9.09. The zero-order valence-corrected chi connectivity index (χ0v) is 16.5. The van der Waals surface area contributed by atoms with Gasteiger partial charge < -0.3 is 25.4 Å². The van der Waals surface area contributed by atoms with Crippen LogP contribution in [0.4, 0.5) is 5.69 Å². The molecule has 2 amide bonds. The van der Waals surface area contributed by atoms with Gasteiger partial charge in [0.15, 0.2) is 0 Å². The quantitative estimate of drug-likeness (QED) is 0.626. The largest absolute Gasteiger partial charge is 0.379 e. The molecule has 2 fully saturated rings. The summed E-state index contributed by atoms with van der Waals surface area (Å²) in [7, 11) is 1.58. The number of nitrogens with one attached hydrogen (secondary N) is 3. The molecule has 3 N–H and O–H groups in total. The fourth-order valence-electron chi connectivity index (χ4n) is 3.56. The van der Waals surface area contributed by atoms with Crippen LogP contribution in [0, 0.1) is 0 Å². The van der Waals surface area contributed by atoms with Gasteiger partial charge in [0.2, 0.25) is 0 Å². The van der Waals surface area contributed by atoms with Crippen LogP contribution in [0.1, 0.15) is 23.2 Å². The minimum absolute atomic E-state index is 0.113. The number of carbonyl (C=O) groups is 2. The molecule has 0 radical (unpaired) electrons. The van der Waals surface area contributed by atoms with E-state index in [0.717, 1.165) is 45.9 Å². The summed E-state index contributed by atoms with van der Waals surface area (Å²) in [6, 6.07) is 6.95. The molecule has 2 aliphatic rings. The zero-order valence-electron chi connectivity index (χ0n) is 16.5. The van der Waals surface area contributed by atoms with Crippen molar-refractivity contribution >= 4 is 17.5 Å². The number of methoxy groups -OCH3 is 1. The molecule has 2 saturated heterocycles. The predicted octanol–water partition coefficient (Wildman–Crippen LogP) is 0.456. The topological polar surface area (TPSA) is 91.9 Å². The molecular formula is C20H30N4O4. The number of hydrogen-bond acceptors (Lipinski definition) is 6. The molecule has 28 heavy (non-hydrogen) atoms. The van der Waals surface area contributed by atoms with E-state index in [-0.39, 0.29) is 11.8 Å². The van der Waals surface area contributed by atoms with Crippen LogP contribution >= 0.6 is 0 Å². The lowest BCUT2D eigenvalue weighted by Gasteiger charge is -2.34. The second kappa shape index (κ2) is 9.97. The minimum atomic E-state index is -0.791. The van der Waals surface area contributed by atoms with Crippen molar-refractivity contribution in [2.45, 2.75) is 18.4 Å². The van der Waals surface area contributed by atoms with Gasteiger partial charge in [-0.25, -0.2) is 0 Å². The number of piperidine rings is 1. The van der Waals surface area contributed by atoms with Crippen molar-refractivity contribution in [2.24, 2.45) is 0 Å². The third-order valence-electron chi connectivity index (χ3n) is 5.44. The summed E-state index contributed by atoms with van der Waals surface area (Å²) < 4.78 is 10.9. The van der Waals surface area contributed by atoms with Gasteiger partial charge in [0.25, 0.3) is 11.8 Å². The van der Waals surface area contributed by atoms with Crippen molar-refractivity contribution in [1.29, 1.82) is 0 Å². The molecule has 8 nitrogen and oxygen atoms in total. The first-order valence-corrected chi connectivity index (χ1v) is 9.89. The van der Waals surface area contributed by atoms with E-state index in [1.807, 2.05) is 0 Å². The summed E-state index contributed by atoms with van der Waals surface area (Å²) in [6.07, 6.45) is 1.28. The van der Waals surface area contributed by atoms with Crippen molar-refractivity contribution in [2.75, 3.05) is 64.9 Å². The van der Waals surface area contributed by atoms with Gasteiger partial charge in [-0.2, -0.15) is 0 Å². The van der Waals surface area contributed by atoms with E-state index in [9.17, 15) is 9.59 Å². The lowest BCUT2D eigenvalue weighted by atomic mass is 9.91. The SMILES string of the molecule is COC1(C(=O)Nc2ccc(C(=O)NCCN3CCOCC3)cc2)CCNCC1. The number of hydrogen-bond donors (Lipinski definition) is 3. The van der Waals surface area contributed by atoms with Crippen LogP contribution in [-0.2, 0) is 14.3 Å². The first-order valence-electron chi connectivity index (χ1n) is 9.89. The maximum Gasteiger partial charge on any atom is 0.256 e. The highest BCUT2D eigenvalue weighted by Gasteiger charge is 2.39. The van der Waals surface area contributed by atoms with Crippen molar-refractivity contribution in [1.82, 2.24) is 15.5 Å². The van der Waals surface area contributed by atoms with Crippen LogP contribution in [0.3, 0.4) is 0 Å². The van der Waals surface area contributed by atoms with Gasteiger partial charge in [0, 0.05) is 44.5 Å². The van der Waals surface area contributed by atoms with E-state index in [0.29, 0.717) is 30.6 Å². The zero-order chi connectivity index (χ0) is 19.8. The summed E-state index contributed by atoms with van der Waals surface area (Å²) in [4.78, 5) is 27.2. The number of amides is 2. The summed E-state index contributed by atoms with van der Waals surface area (Å²) >= 11 is 0. The predicted molar refractivity (Wildman–Crippen MR) is 107 cm³/mol. The highest BCUT2D eigenvalue weighted by molar-refractivity contribution is 5.98. The van der Waals surface area contributed by atoms with Crippen LogP contribution in [-0.4, -0.2) is 81.9 Å². The van der Waals surface area contributed by atoms with E-state index >= 15 is 0 Å². The summed E-state index contributed by atoms with van der Waals surface area (Å²) in [5.41, 5.74) is 0.439. The van der Waals surface area contributed by atoms with Gasteiger partial charge in [-0.3, -0.25) is 14.5 Å². The highest BCUT2D eigenvalue weighted by atomic mass is 16.5. The Hall–Kier alpha value is -2.00. The molecule has 0 atom stereocenters. The molecule has 2 heterocycles. The van der Waals surface area contributed by atoms with E-state index in [1.165, 1.54) is 0 Å². The normalized spacial score (nSPS) is 19.8. The van der Waals surface area contributed by atoms with Gasteiger partial charge in [-0.05, 0) is 50.2 Å². The Kier molecular flexibility index (Phi) is 7.38. The molecule has 1 aromatic carbocycles. The van der Waals surface area contributed by atoms with Crippen LogP contribution in [0.5, 0.6) is 0 Å². The molecule has 1 aromatic rings. The third kappa shape index (κ3) is 5.29. The number of ether oxygens (including phenoxy) is 2. The minimum Gasteiger partial charge on any atom is -0.379 e. The monoisotopic (exact) mass is 390 g/mol.